The number of benzene rings is 1. The van der Waals surface area contributed by atoms with Crippen molar-refractivity contribution in [2.45, 2.75) is 45.6 Å². The fourth-order valence-corrected chi connectivity index (χ4v) is 3.00. The first-order chi connectivity index (χ1) is 9.64. The Hall–Kier alpha value is -0.940. The minimum absolute atomic E-state index is 0.0901. The highest BCUT2D eigenvalue weighted by atomic mass is 32.2. The molecule has 0 aliphatic heterocycles. The summed E-state index contributed by atoms with van der Waals surface area (Å²) in [6.45, 7) is 8.31. The van der Waals surface area contributed by atoms with Gasteiger partial charge in [-0.25, -0.2) is 12.8 Å². The zero-order valence-corrected chi connectivity index (χ0v) is 14.1. The van der Waals surface area contributed by atoms with Gasteiger partial charge in [-0.2, -0.15) is 0 Å². The lowest BCUT2D eigenvalue weighted by atomic mass is 9.94. The summed E-state index contributed by atoms with van der Waals surface area (Å²) >= 11 is 0. The van der Waals surface area contributed by atoms with E-state index >= 15 is 0 Å². The summed E-state index contributed by atoms with van der Waals surface area (Å²) in [5.74, 6) is -0.197. The molecule has 3 nitrogen and oxygen atoms in total. The lowest BCUT2D eigenvalue weighted by molar-refractivity contribution is 0.398. The van der Waals surface area contributed by atoms with E-state index in [1.807, 2.05) is 20.8 Å². The van der Waals surface area contributed by atoms with E-state index in [1.165, 1.54) is 6.07 Å². The quantitative estimate of drug-likeness (QED) is 0.841. The molecule has 0 fully saturated rings. The van der Waals surface area contributed by atoms with E-state index in [-0.39, 0.29) is 28.8 Å². The average molecular weight is 315 g/mol. The Morgan fingerprint density at radius 2 is 1.86 bits per heavy atom. The van der Waals surface area contributed by atoms with Crippen LogP contribution in [0.4, 0.5) is 4.39 Å². The molecule has 1 aromatic rings. The zero-order valence-electron chi connectivity index (χ0n) is 13.3. The Morgan fingerprint density at radius 3 is 2.38 bits per heavy atom. The van der Waals surface area contributed by atoms with Crippen molar-refractivity contribution >= 4 is 9.84 Å². The van der Waals surface area contributed by atoms with E-state index in [0.29, 0.717) is 18.5 Å². The van der Waals surface area contributed by atoms with E-state index in [0.717, 1.165) is 0 Å². The molecule has 0 aromatic heterocycles. The Balaban J connectivity index is 2.87. The third-order valence-corrected chi connectivity index (χ3v) is 5.18. The van der Waals surface area contributed by atoms with Gasteiger partial charge in [0.1, 0.15) is 15.7 Å². The zero-order chi connectivity index (χ0) is 16.1. The van der Waals surface area contributed by atoms with Crippen LogP contribution in [0.15, 0.2) is 24.3 Å². The maximum atomic E-state index is 14.0. The van der Waals surface area contributed by atoms with Crippen LogP contribution < -0.4 is 5.32 Å². The second-order valence-electron chi connectivity index (χ2n) is 6.37. The number of sulfone groups is 1. The molecule has 21 heavy (non-hydrogen) atoms. The molecule has 0 aliphatic rings. The second-order valence-corrected chi connectivity index (χ2v) is 8.85. The molecule has 120 valence electrons. The standard InChI is InChI=1S/C16H26FNO2S/c1-5-21(19,20)11-10-13(12-18-16(2,3)4)14-8-6-7-9-15(14)17/h6-9,13,18H,5,10-12H2,1-4H3. The molecule has 0 heterocycles. The third kappa shape index (κ3) is 6.57. The molecule has 1 rings (SSSR count). The number of hydrogen-bond donors (Lipinski definition) is 1. The molecule has 0 aliphatic carbocycles. The highest BCUT2D eigenvalue weighted by molar-refractivity contribution is 7.91. The van der Waals surface area contributed by atoms with Gasteiger partial charge in [-0.15, -0.1) is 0 Å². The monoisotopic (exact) mass is 315 g/mol. The third-order valence-electron chi connectivity index (χ3n) is 3.44. The van der Waals surface area contributed by atoms with Gasteiger partial charge in [0.2, 0.25) is 0 Å². The lowest BCUT2D eigenvalue weighted by Gasteiger charge is -2.26. The van der Waals surface area contributed by atoms with E-state index in [2.05, 4.69) is 5.32 Å². The first-order valence-corrected chi connectivity index (χ1v) is 9.16. The summed E-state index contributed by atoms with van der Waals surface area (Å²) in [5, 5.41) is 3.34. The van der Waals surface area contributed by atoms with Crippen LogP contribution in [0.5, 0.6) is 0 Å². The summed E-state index contributed by atoms with van der Waals surface area (Å²) in [7, 11) is -3.04. The largest absolute Gasteiger partial charge is 0.311 e. The molecule has 1 unspecified atom stereocenters. The Labute approximate surface area is 127 Å². The van der Waals surface area contributed by atoms with Crippen LogP contribution in [0.1, 0.15) is 45.6 Å². The van der Waals surface area contributed by atoms with Crippen molar-refractivity contribution in [1.29, 1.82) is 0 Å². The Bertz CT molecular complexity index is 550. The molecule has 0 bridgehead atoms. The van der Waals surface area contributed by atoms with Crippen molar-refractivity contribution in [3.8, 4) is 0 Å². The summed E-state index contributed by atoms with van der Waals surface area (Å²) in [5.41, 5.74) is 0.494. The minimum Gasteiger partial charge on any atom is -0.311 e. The maximum absolute atomic E-state index is 14.0. The molecule has 0 spiro atoms. The number of halogens is 1. The first kappa shape index (κ1) is 18.1. The van der Waals surface area contributed by atoms with Crippen molar-refractivity contribution in [3.05, 3.63) is 35.6 Å². The Kier molecular flexibility index (Phi) is 6.35. The van der Waals surface area contributed by atoms with Gasteiger partial charge in [0.05, 0.1) is 5.75 Å². The second kappa shape index (κ2) is 7.36. The van der Waals surface area contributed by atoms with Crippen LogP contribution >= 0.6 is 0 Å². The number of hydrogen-bond acceptors (Lipinski definition) is 3. The number of rotatable bonds is 7. The maximum Gasteiger partial charge on any atom is 0.150 e. The highest BCUT2D eigenvalue weighted by Gasteiger charge is 2.20. The minimum atomic E-state index is -3.04. The molecule has 1 aromatic carbocycles. The van der Waals surface area contributed by atoms with Crippen LogP contribution in [-0.4, -0.2) is 32.0 Å². The molecule has 0 radical (unpaired) electrons. The van der Waals surface area contributed by atoms with Gasteiger partial charge in [0, 0.05) is 23.8 Å². The normalized spacial score (nSPS) is 14.1. The van der Waals surface area contributed by atoms with E-state index in [1.54, 1.807) is 25.1 Å². The van der Waals surface area contributed by atoms with Crippen LogP contribution in [-0.2, 0) is 9.84 Å². The fraction of sp³-hybridized carbons (Fsp3) is 0.625. The molecule has 0 saturated heterocycles. The van der Waals surface area contributed by atoms with Gasteiger partial charge >= 0.3 is 0 Å². The predicted molar refractivity (Wildman–Crippen MR) is 85.8 cm³/mol. The predicted octanol–water partition coefficient (Wildman–Crippen LogP) is 3.12. The smallest absolute Gasteiger partial charge is 0.150 e. The van der Waals surface area contributed by atoms with Crippen molar-refractivity contribution in [2.75, 3.05) is 18.1 Å². The van der Waals surface area contributed by atoms with Gasteiger partial charge in [-0.1, -0.05) is 25.1 Å². The van der Waals surface area contributed by atoms with Crippen molar-refractivity contribution in [3.63, 3.8) is 0 Å². The van der Waals surface area contributed by atoms with Gasteiger partial charge in [0.15, 0.2) is 0 Å². The molecule has 1 N–H and O–H groups in total. The van der Waals surface area contributed by atoms with Gasteiger partial charge in [-0.05, 0) is 38.8 Å². The van der Waals surface area contributed by atoms with E-state index in [9.17, 15) is 12.8 Å². The molecule has 0 saturated carbocycles. The Morgan fingerprint density at radius 1 is 1.24 bits per heavy atom. The van der Waals surface area contributed by atoms with Crippen LogP contribution in [0.25, 0.3) is 0 Å². The molecule has 1 atom stereocenters. The van der Waals surface area contributed by atoms with Crippen molar-refractivity contribution < 1.29 is 12.8 Å². The van der Waals surface area contributed by atoms with Gasteiger partial charge in [0.25, 0.3) is 0 Å². The SMILES string of the molecule is CCS(=O)(=O)CCC(CNC(C)(C)C)c1ccccc1F. The lowest BCUT2D eigenvalue weighted by Crippen LogP contribution is -2.39. The summed E-state index contributed by atoms with van der Waals surface area (Å²) in [6.07, 6.45) is 0.431. The van der Waals surface area contributed by atoms with Crippen molar-refractivity contribution in [2.24, 2.45) is 0 Å². The molecular weight excluding hydrogens is 289 g/mol. The van der Waals surface area contributed by atoms with E-state index < -0.39 is 9.84 Å². The topological polar surface area (TPSA) is 46.2 Å². The van der Waals surface area contributed by atoms with E-state index in [4.69, 9.17) is 0 Å². The van der Waals surface area contributed by atoms with Crippen LogP contribution in [0.2, 0.25) is 0 Å². The molecule has 5 heteroatoms. The summed E-state index contributed by atoms with van der Waals surface area (Å²) < 4.78 is 37.4. The summed E-state index contributed by atoms with van der Waals surface area (Å²) in [6, 6.07) is 6.60. The van der Waals surface area contributed by atoms with Crippen molar-refractivity contribution in [1.82, 2.24) is 5.32 Å². The van der Waals surface area contributed by atoms with Crippen LogP contribution in [0.3, 0.4) is 0 Å². The van der Waals surface area contributed by atoms with Gasteiger partial charge < -0.3 is 5.32 Å². The molecule has 0 amide bonds. The molecular formula is C16H26FNO2S. The fourth-order valence-electron chi connectivity index (χ4n) is 2.07. The highest BCUT2D eigenvalue weighted by Crippen LogP contribution is 2.23. The van der Waals surface area contributed by atoms with Gasteiger partial charge in [-0.3, -0.25) is 0 Å². The number of nitrogens with one attached hydrogen (secondary N) is 1. The summed E-state index contributed by atoms with van der Waals surface area (Å²) in [4.78, 5) is 0. The van der Waals surface area contributed by atoms with Crippen LogP contribution in [0, 0.1) is 5.82 Å². The average Bonchev–Trinajstić information content (AvgIpc) is 2.39. The first-order valence-electron chi connectivity index (χ1n) is 7.34.